The molecular weight excluding hydrogens is 300 g/mol. The summed E-state index contributed by atoms with van der Waals surface area (Å²) in [6.45, 7) is 1.10. The van der Waals surface area contributed by atoms with Gasteiger partial charge in [0.15, 0.2) is 0 Å². The second-order valence-corrected chi connectivity index (χ2v) is 6.63. The van der Waals surface area contributed by atoms with E-state index in [9.17, 15) is 9.59 Å². The number of rotatable bonds is 3. The van der Waals surface area contributed by atoms with Crippen LogP contribution in [0.25, 0.3) is 11.3 Å². The number of carbonyl (C=O) groups excluding carboxylic acids is 1. The van der Waals surface area contributed by atoms with Crippen LogP contribution in [0.15, 0.2) is 35.2 Å². The number of likely N-dealkylation sites (tertiary alicyclic amines) is 1. The Bertz CT molecular complexity index is 714. The lowest BCUT2D eigenvalue weighted by atomic mass is 10.1. The van der Waals surface area contributed by atoms with E-state index >= 15 is 0 Å². The van der Waals surface area contributed by atoms with E-state index in [4.69, 9.17) is 5.11 Å². The average molecular weight is 314 g/mol. The lowest BCUT2D eigenvalue weighted by Crippen LogP contribution is -2.32. The van der Waals surface area contributed by atoms with E-state index in [-0.39, 0.29) is 23.7 Å². The number of aliphatic carboxylic acids is 1. The molecule has 1 saturated heterocycles. The van der Waals surface area contributed by atoms with Crippen LogP contribution >= 0.6 is 11.3 Å². The van der Waals surface area contributed by atoms with Crippen molar-refractivity contribution in [1.82, 2.24) is 9.88 Å². The van der Waals surface area contributed by atoms with Crippen molar-refractivity contribution in [2.45, 2.75) is 0 Å². The van der Waals surface area contributed by atoms with Crippen LogP contribution in [-0.2, 0) is 4.79 Å². The molecule has 0 spiro atoms. The summed E-state index contributed by atoms with van der Waals surface area (Å²) in [5.41, 5.74) is 2.47. The third-order valence-electron chi connectivity index (χ3n) is 4.59. The van der Waals surface area contributed by atoms with Gasteiger partial charge in [-0.2, -0.15) is 11.3 Å². The molecule has 2 fully saturated rings. The summed E-state index contributed by atoms with van der Waals surface area (Å²) in [7, 11) is 0. The zero-order valence-electron chi connectivity index (χ0n) is 11.7. The summed E-state index contributed by atoms with van der Waals surface area (Å²) in [6, 6.07) is 5.64. The number of carbonyl (C=O) groups is 2. The standard InChI is InChI=1S/C16H14N2O3S/c19-15(18-6-11-12(7-18)14(11)16(20)21)9-1-2-13(17-5-9)10-3-4-22-8-10/h1-5,8,11-12,14H,6-7H2,(H,20,21)/t11-,12+,14?. The molecule has 3 atom stereocenters. The largest absolute Gasteiger partial charge is 0.481 e. The van der Waals surface area contributed by atoms with Gasteiger partial charge in [-0.25, -0.2) is 0 Å². The Hall–Kier alpha value is -2.21. The third-order valence-corrected chi connectivity index (χ3v) is 5.28. The van der Waals surface area contributed by atoms with Crippen molar-refractivity contribution < 1.29 is 14.7 Å². The van der Waals surface area contributed by atoms with Crippen molar-refractivity contribution >= 4 is 23.2 Å². The molecular formula is C16H14N2O3S. The first-order valence-electron chi connectivity index (χ1n) is 7.16. The molecule has 2 aromatic rings. The highest BCUT2D eigenvalue weighted by Crippen LogP contribution is 2.51. The van der Waals surface area contributed by atoms with Crippen molar-refractivity contribution in [2.75, 3.05) is 13.1 Å². The van der Waals surface area contributed by atoms with E-state index in [2.05, 4.69) is 4.98 Å². The van der Waals surface area contributed by atoms with Gasteiger partial charge >= 0.3 is 5.97 Å². The van der Waals surface area contributed by atoms with Gasteiger partial charge in [-0.1, -0.05) is 0 Å². The smallest absolute Gasteiger partial charge is 0.307 e. The number of hydrogen-bond donors (Lipinski definition) is 1. The third kappa shape index (κ3) is 2.11. The van der Waals surface area contributed by atoms with E-state index in [1.807, 2.05) is 22.9 Å². The molecule has 5 nitrogen and oxygen atoms in total. The van der Waals surface area contributed by atoms with Crippen LogP contribution < -0.4 is 0 Å². The molecule has 2 aromatic heterocycles. The van der Waals surface area contributed by atoms with Crippen LogP contribution in [0.4, 0.5) is 0 Å². The summed E-state index contributed by atoms with van der Waals surface area (Å²) >= 11 is 1.61. The molecule has 1 amide bonds. The van der Waals surface area contributed by atoms with Crippen molar-refractivity contribution in [3.8, 4) is 11.3 Å². The summed E-state index contributed by atoms with van der Waals surface area (Å²) < 4.78 is 0. The molecule has 112 valence electrons. The monoisotopic (exact) mass is 314 g/mol. The Kier molecular flexibility index (Phi) is 3.00. The zero-order valence-corrected chi connectivity index (χ0v) is 12.5. The minimum Gasteiger partial charge on any atom is -0.481 e. The van der Waals surface area contributed by atoms with Crippen molar-refractivity contribution in [1.29, 1.82) is 0 Å². The van der Waals surface area contributed by atoms with Crippen molar-refractivity contribution in [3.05, 3.63) is 40.7 Å². The Balaban J connectivity index is 1.45. The maximum atomic E-state index is 12.4. The minimum absolute atomic E-state index is 0.0549. The van der Waals surface area contributed by atoms with Crippen LogP contribution in [0.1, 0.15) is 10.4 Å². The molecule has 6 heteroatoms. The Morgan fingerprint density at radius 1 is 1.23 bits per heavy atom. The first-order valence-corrected chi connectivity index (χ1v) is 8.10. The number of nitrogens with zero attached hydrogens (tertiary/aromatic N) is 2. The predicted molar refractivity (Wildman–Crippen MR) is 81.6 cm³/mol. The normalized spacial score (nSPS) is 25.8. The molecule has 3 heterocycles. The summed E-state index contributed by atoms with van der Waals surface area (Å²) in [6.07, 6.45) is 1.61. The minimum atomic E-state index is -0.733. The van der Waals surface area contributed by atoms with Crippen molar-refractivity contribution in [3.63, 3.8) is 0 Å². The highest BCUT2D eigenvalue weighted by molar-refractivity contribution is 7.08. The van der Waals surface area contributed by atoms with Gasteiger partial charge in [0, 0.05) is 30.2 Å². The molecule has 1 unspecified atom stereocenters. The molecule has 1 aliphatic carbocycles. The lowest BCUT2D eigenvalue weighted by molar-refractivity contribution is -0.139. The number of carboxylic acid groups (broad SMARTS) is 1. The summed E-state index contributed by atoms with van der Waals surface area (Å²) in [5.74, 6) is -0.758. The molecule has 4 rings (SSSR count). The SMILES string of the molecule is O=C(O)C1[C@H]2CN(C(=O)c3ccc(-c4ccsc4)nc3)C[C@@H]12. The van der Waals surface area contributed by atoms with E-state index in [0.29, 0.717) is 18.7 Å². The van der Waals surface area contributed by atoms with Gasteiger partial charge in [0.1, 0.15) is 0 Å². The van der Waals surface area contributed by atoms with E-state index in [0.717, 1.165) is 11.3 Å². The molecule has 0 radical (unpaired) electrons. The summed E-state index contributed by atoms with van der Waals surface area (Å²) in [5, 5.41) is 13.0. The molecule has 22 heavy (non-hydrogen) atoms. The Morgan fingerprint density at radius 2 is 2.00 bits per heavy atom. The molecule has 1 aliphatic heterocycles. The van der Waals surface area contributed by atoms with Gasteiger partial charge in [0.2, 0.25) is 0 Å². The molecule has 1 N–H and O–H groups in total. The highest BCUT2D eigenvalue weighted by atomic mass is 32.1. The number of fused-ring (bicyclic) bond motifs is 1. The topological polar surface area (TPSA) is 70.5 Å². The molecule has 1 saturated carbocycles. The predicted octanol–water partition coefficient (Wildman–Crippen LogP) is 2.21. The van der Waals surface area contributed by atoms with E-state index < -0.39 is 5.97 Å². The van der Waals surface area contributed by atoms with Crippen molar-refractivity contribution in [2.24, 2.45) is 17.8 Å². The fourth-order valence-electron chi connectivity index (χ4n) is 3.34. The molecule has 0 aromatic carbocycles. The maximum Gasteiger partial charge on any atom is 0.307 e. The quantitative estimate of drug-likeness (QED) is 0.943. The average Bonchev–Trinajstić information content (AvgIpc) is 2.93. The van der Waals surface area contributed by atoms with Crippen LogP contribution in [0, 0.1) is 17.8 Å². The summed E-state index contributed by atoms with van der Waals surface area (Å²) in [4.78, 5) is 29.5. The van der Waals surface area contributed by atoms with Crippen LogP contribution in [0.5, 0.6) is 0 Å². The number of pyridine rings is 1. The first-order chi connectivity index (χ1) is 10.6. The highest BCUT2D eigenvalue weighted by Gasteiger charge is 2.60. The second-order valence-electron chi connectivity index (χ2n) is 5.85. The molecule has 2 aliphatic rings. The van der Waals surface area contributed by atoms with Gasteiger partial charge in [-0.15, -0.1) is 0 Å². The van der Waals surface area contributed by atoms with Gasteiger partial charge in [-0.3, -0.25) is 14.6 Å². The van der Waals surface area contributed by atoms with E-state index in [1.165, 1.54) is 0 Å². The number of hydrogen-bond acceptors (Lipinski definition) is 4. The van der Waals surface area contributed by atoms with Gasteiger partial charge < -0.3 is 10.0 Å². The van der Waals surface area contributed by atoms with Crippen LogP contribution in [0.3, 0.4) is 0 Å². The van der Waals surface area contributed by atoms with Crippen LogP contribution in [-0.4, -0.2) is 40.0 Å². The fraction of sp³-hybridized carbons (Fsp3) is 0.312. The van der Waals surface area contributed by atoms with Gasteiger partial charge in [0.05, 0.1) is 17.2 Å². The number of carboxylic acids is 1. The Labute approximate surface area is 131 Å². The fourth-order valence-corrected chi connectivity index (χ4v) is 3.99. The van der Waals surface area contributed by atoms with Gasteiger partial charge in [-0.05, 0) is 35.4 Å². The number of amides is 1. The zero-order chi connectivity index (χ0) is 15.3. The maximum absolute atomic E-state index is 12.4. The number of piperidine rings is 1. The lowest BCUT2D eigenvalue weighted by Gasteiger charge is -2.19. The van der Waals surface area contributed by atoms with Crippen LogP contribution in [0.2, 0.25) is 0 Å². The van der Waals surface area contributed by atoms with E-state index in [1.54, 1.807) is 28.5 Å². The first kappa shape index (κ1) is 13.5. The van der Waals surface area contributed by atoms with Gasteiger partial charge in [0.25, 0.3) is 5.91 Å². The number of aromatic nitrogens is 1. The second kappa shape index (κ2) is 4.91. The number of thiophene rings is 1. The molecule has 0 bridgehead atoms. The Morgan fingerprint density at radius 3 is 2.55 bits per heavy atom.